The van der Waals surface area contributed by atoms with Gasteiger partial charge < -0.3 is 10.1 Å². The van der Waals surface area contributed by atoms with Gasteiger partial charge in [-0.3, -0.25) is 4.79 Å². The van der Waals surface area contributed by atoms with Crippen molar-refractivity contribution in [2.75, 3.05) is 12.4 Å². The van der Waals surface area contributed by atoms with Crippen molar-refractivity contribution in [3.8, 4) is 6.07 Å². The molecule has 0 saturated carbocycles. The minimum atomic E-state index is -5.52. The van der Waals surface area contributed by atoms with Gasteiger partial charge in [0, 0.05) is 12.0 Å². The first-order valence-corrected chi connectivity index (χ1v) is 7.23. The lowest BCUT2D eigenvalue weighted by molar-refractivity contribution is -0.305. The smallest absolute Gasteiger partial charge is 0.335 e. The second kappa shape index (κ2) is 5.85. The normalized spacial score (nSPS) is 17.3. The van der Waals surface area contributed by atoms with Crippen LogP contribution in [0.2, 0.25) is 0 Å². The average Bonchev–Trinajstić information content (AvgIpc) is 2.81. The lowest BCUT2D eigenvalue weighted by Crippen LogP contribution is -2.52. The highest BCUT2D eigenvalue weighted by Gasteiger charge is 2.63. The van der Waals surface area contributed by atoms with Crippen molar-refractivity contribution >= 4 is 22.2 Å². The molecule has 1 aromatic heterocycles. The summed E-state index contributed by atoms with van der Waals surface area (Å²) in [6.07, 6.45) is -2.45. The third kappa shape index (κ3) is 2.68. The molecule has 1 atom stereocenters. The van der Waals surface area contributed by atoms with Crippen LogP contribution in [0.25, 0.3) is 0 Å². The van der Waals surface area contributed by atoms with Crippen molar-refractivity contribution in [2.45, 2.75) is 37.7 Å². The zero-order valence-electron chi connectivity index (χ0n) is 11.5. The Morgan fingerprint density at radius 2 is 1.95 bits per heavy atom. The Hall–Kier alpha value is -1.66. The molecule has 0 radical (unpaired) electrons. The molecule has 9 heteroatoms. The number of hydrogen-bond acceptors (Lipinski definition) is 4. The van der Waals surface area contributed by atoms with E-state index in [0.717, 1.165) is 34.6 Å². The van der Waals surface area contributed by atoms with Gasteiger partial charge in [0.25, 0.3) is 0 Å². The molecule has 0 saturated heterocycles. The highest BCUT2D eigenvalue weighted by atomic mass is 32.1. The Kier molecular flexibility index (Phi) is 4.44. The summed E-state index contributed by atoms with van der Waals surface area (Å²) in [6.45, 7) is 0. The zero-order chi connectivity index (χ0) is 16.5. The van der Waals surface area contributed by atoms with E-state index in [1.807, 2.05) is 11.4 Å². The number of anilines is 1. The van der Waals surface area contributed by atoms with E-state index in [4.69, 9.17) is 5.26 Å². The standard InChI is InChI=1S/C13H12F4N2O2S/c1-21-12(14,13(15,16)17)11(20)19-10-8(6-18)7-4-2-3-5-9(7)22-10/h2-5H2,1H3,(H,19,20)/t12-/m0/s1. The molecule has 22 heavy (non-hydrogen) atoms. The fourth-order valence-electron chi connectivity index (χ4n) is 2.29. The van der Waals surface area contributed by atoms with Crippen LogP contribution in [-0.2, 0) is 22.4 Å². The lowest BCUT2D eigenvalue weighted by atomic mass is 9.96. The summed E-state index contributed by atoms with van der Waals surface area (Å²) in [5.41, 5.74) is 0.830. The fraction of sp³-hybridized carbons (Fsp3) is 0.538. The summed E-state index contributed by atoms with van der Waals surface area (Å²) in [4.78, 5) is 12.5. The average molecular weight is 336 g/mol. The first-order valence-electron chi connectivity index (χ1n) is 6.41. The monoisotopic (exact) mass is 336 g/mol. The number of methoxy groups -OCH3 is 1. The molecule has 0 bridgehead atoms. The van der Waals surface area contributed by atoms with Gasteiger partial charge in [-0.25, -0.2) is 0 Å². The van der Waals surface area contributed by atoms with Crippen LogP contribution in [0.15, 0.2) is 0 Å². The van der Waals surface area contributed by atoms with Gasteiger partial charge in [-0.2, -0.15) is 22.8 Å². The summed E-state index contributed by atoms with van der Waals surface area (Å²) in [5.74, 6) is -6.44. The minimum Gasteiger partial charge on any atom is -0.335 e. The SMILES string of the molecule is CO[C@@](F)(C(=O)Nc1sc2c(c1C#N)CCCC2)C(F)(F)F. The molecule has 120 valence electrons. The predicted molar refractivity (Wildman–Crippen MR) is 71.2 cm³/mol. The number of nitrogens with zero attached hydrogens (tertiary/aromatic N) is 1. The molecule has 0 spiro atoms. The number of carbonyl (C=O) groups excluding carboxylic acids is 1. The maximum absolute atomic E-state index is 13.8. The molecule has 2 rings (SSSR count). The lowest BCUT2D eigenvalue weighted by Gasteiger charge is -2.24. The molecule has 0 aromatic carbocycles. The number of rotatable bonds is 3. The topological polar surface area (TPSA) is 62.1 Å². The molecule has 4 nitrogen and oxygen atoms in total. The summed E-state index contributed by atoms with van der Waals surface area (Å²) < 4.78 is 55.5. The molecule has 1 heterocycles. The van der Waals surface area contributed by atoms with E-state index in [-0.39, 0.29) is 10.6 Å². The van der Waals surface area contributed by atoms with Gasteiger partial charge >= 0.3 is 17.9 Å². The zero-order valence-corrected chi connectivity index (χ0v) is 12.3. The van der Waals surface area contributed by atoms with Crippen molar-refractivity contribution < 1.29 is 27.1 Å². The molecule has 1 aliphatic rings. The Labute approximate surface area is 127 Å². The number of aryl methyl sites for hydroxylation is 1. The number of carbonyl (C=O) groups is 1. The molecule has 1 N–H and O–H groups in total. The van der Waals surface area contributed by atoms with Gasteiger partial charge in [0.2, 0.25) is 0 Å². The van der Waals surface area contributed by atoms with E-state index in [1.54, 1.807) is 0 Å². The summed E-state index contributed by atoms with van der Waals surface area (Å²) in [6, 6.07) is 1.87. The highest BCUT2D eigenvalue weighted by Crippen LogP contribution is 2.40. The largest absolute Gasteiger partial charge is 0.458 e. The van der Waals surface area contributed by atoms with Gasteiger partial charge in [0.1, 0.15) is 11.1 Å². The molecule has 0 fully saturated rings. The predicted octanol–water partition coefficient (Wildman–Crippen LogP) is 3.31. The third-order valence-corrected chi connectivity index (χ3v) is 4.66. The second-order valence-electron chi connectivity index (χ2n) is 4.78. The highest BCUT2D eigenvalue weighted by molar-refractivity contribution is 7.16. The van der Waals surface area contributed by atoms with Crippen LogP contribution < -0.4 is 5.32 Å². The summed E-state index contributed by atoms with van der Waals surface area (Å²) in [7, 11) is 0.456. The number of thiophene rings is 1. The Morgan fingerprint density at radius 3 is 2.50 bits per heavy atom. The van der Waals surface area contributed by atoms with Crippen molar-refractivity contribution in [2.24, 2.45) is 0 Å². The van der Waals surface area contributed by atoms with E-state index in [2.05, 4.69) is 4.74 Å². The van der Waals surface area contributed by atoms with Crippen LogP contribution in [0.5, 0.6) is 0 Å². The van der Waals surface area contributed by atoms with Crippen LogP contribution >= 0.6 is 11.3 Å². The van der Waals surface area contributed by atoms with Crippen molar-refractivity contribution in [1.82, 2.24) is 0 Å². The number of alkyl halides is 4. The van der Waals surface area contributed by atoms with Crippen LogP contribution in [-0.4, -0.2) is 25.0 Å². The van der Waals surface area contributed by atoms with Crippen LogP contribution in [0, 0.1) is 11.3 Å². The van der Waals surface area contributed by atoms with Gasteiger partial charge in [-0.05, 0) is 31.2 Å². The van der Waals surface area contributed by atoms with E-state index in [9.17, 15) is 22.4 Å². The van der Waals surface area contributed by atoms with Crippen LogP contribution in [0.3, 0.4) is 0 Å². The first kappa shape index (κ1) is 16.7. The van der Waals surface area contributed by atoms with Crippen molar-refractivity contribution in [1.29, 1.82) is 5.26 Å². The second-order valence-corrected chi connectivity index (χ2v) is 5.88. The third-order valence-electron chi connectivity index (χ3n) is 3.45. The Balaban J connectivity index is 2.33. The molecule has 1 aliphatic carbocycles. The van der Waals surface area contributed by atoms with Gasteiger partial charge in [-0.1, -0.05) is 0 Å². The molecule has 1 aromatic rings. The number of hydrogen-bond donors (Lipinski definition) is 1. The van der Waals surface area contributed by atoms with Gasteiger partial charge in [0.05, 0.1) is 5.56 Å². The van der Waals surface area contributed by atoms with Gasteiger partial charge in [-0.15, -0.1) is 11.3 Å². The van der Waals surface area contributed by atoms with E-state index >= 15 is 0 Å². The van der Waals surface area contributed by atoms with Crippen molar-refractivity contribution in [3.63, 3.8) is 0 Å². The van der Waals surface area contributed by atoms with E-state index in [1.165, 1.54) is 0 Å². The number of nitriles is 1. The van der Waals surface area contributed by atoms with Gasteiger partial charge in [0.15, 0.2) is 0 Å². The summed E-state index contributed by atoms with van der Waals surface area (Å²) >= 11 is 1.01. The maximum Gasteiger partial charge on any atom is 0.458 e. The molecular formula is C13H12F4N2O2S. The maximum atomic E-state index is 13.8. The van der Waals surface area contributed by atoms with Crippen molar-refractivity contribution in [3.05, 3.63) is 16.0 Å². The molecule has 1 amide bonds. The summed E-state index contributed by atoms with van der Waals surface area (Å²) in [5, 5.41) is 10.9. The molecule has 0 unspecified atom stereocenters. The van der Waals surface area contributed by atoms with Crippen LogP contribution in [0.4, 0.5) is 22.6 Å². The number of fused-ring (bicyclic) bond motifs is 1. The Bertz CT molecular complexity index is 635. The number of amides is 1. The number of halogens is 4. The van der Waals surface area contributed by atoms with Crippen LogP contribution in [0.1, 0.15) is 28.8 Å². The number of nitrogens with one attached hydrogen (secondary N) is 1. The quantitative estimate of drug-likeness (QED) is 0.862. The Morgan fingerprint density at radius 1 is 1.32 bits per heavy atom. The molecular weight excluding hydrogens is 324 g/mol. The minimum absolute atomic E-state index is 0.0669. The number of ether oxygens (including phenoxy) is 1. The van der Waals surface area contributed by atoms with E-state index in [0.29, 0.717) is 20.0 Å². The van der Waals surface area contributed by atoms with E-state index < -0.39 is 17.9 Å². The fourth-order valence-corrected chi connectivity index (χ4v) is 3.53. The first-order chi connectivity index (χ1) is 10.2. The molecule has 0 aliphatic heterocycles.